The lowest BCUT2D eigenvalue weighted by Gasteiger charge is -2.09. The normalized spacial score (nSPS) is 10.4. The fourth-order valence-corrected chi connectivity index (χ4v) is 1.97. The summed E-state index contributed by atoms with van der Waals surface area (Å²) in [4.78, 5) is 11.1. The molecule has 0 aliphatic carbocycles. The fourth-order valence-electron chi connectivity index (χ4n) is 1.97. The molecule has 0 spiro atoms. The topological polar surface area (TPSA) is 66.8 Å². The van der Waals surface area contributed by atoms with Crippen LogP contribution in [0.25, 0.3) is 0 Å². The molecule has 0 saturated carbocycles. The first-order chi connectivity index (χ1) is 9.68. The van der Waals surface area contributed by atoms with Crippen LogP contribution in [0.2, 0.25) is 0 Å². The summed E-state index contributed by atoms with van der Waals surface area (Å²) in [6.45, 7) is 0.668. The summed E-state index contributed by atoms with van der Waals surface area (Å²) in [6.07, 6.45) is 0.766. The molecule has 0 atom stereocenters. The zero-order valence-electron chi connectivity index (χ0n) is 11.0. The Kier molecular flexibility index (Phi) is 4.74. The summed E-state index contributed by atoms with van der Waals surface area (Å²) in [5.41, 5.74) is 1.56. The van der Waals surface area contributed by atoms with Crippen LogP contribution in [-0.2, 0) is 17.8 Å². The zero-order valence-corrected chi connectivity index (χ0v) is 11.0. The van der Waals surface area contributed by atoms with Gasteiger partial charge in [0.1, 0.15) is 11.3 Å². The quantitative estimate of drug-likeness (QED) is 0.793. The largest absolute Gasteiger partial charge is 0.507 e. The smallest absolute Gasteiger partial charge is 0.339 e. The Hall–Kier alpha value is -2.33. The van der Waals surface area contributed by atoms with Gasteiger partial charge in [-0.1, -0.05) is 42.5 Å². The van der Waals surface area contributed by atoms with E-state index in [-0.39, 0.29) is 17.9 Å². The Bertz CT molecular complexity index is 578. The van der Waals surface area contributed by atoms with E-state index in [0.717, 1.165) is 6.42 Å². The van der Waals surface area contributed by atoms with Crippen LogP contribution in [-0.4, -0.2) is 22.8 Å². The van der Waals surface area contributed by atoms with Crippen LogP contribution in [0.15, 0.2) is 48.5 Å². The van der Waals surface area contributed by atoms with Crippen molar-refractivity contribution in [3.8, 4) is 5.75 Å². The van der Waals surface area contributed by atoms with Crippen molar-refractivity contribution in [3.63, 3.8) is 0 Å². The summed E-state index contributed by atoms with van der Waals surface area (Å²) >= 11 is 0. The second-order valence-corrected chi connectivity index (χ2v) is 4.40. The lowest BCUT2D eigenvalue weighted by Crippen LogP contribution is -2.06. The maximum atomic E-state index is 11.1. The number of carboxylic acids is 1. The second kappa shape index (κ2) is 6.73. The minimum absolute atomic E-state index is 0.0905. The van der Waals surface area contributed by atoms with Gasteiger partial charge in [-0.15, -0.1) is 0 Å². The molecule has 0 heterocycles. The number of benzene rings is 2. The van der Waals surface area contributed by atoms with E-state index in [9.17, 15) is 9.90 Å². The van der Waals surface area contributed by atoms with E-state index in [1.807, 2.05) is 30.3 Å². The van der Waals surface area contributed by atoms with Crippen LogP contribution in [0.3, 0.4) is 0 Å². The van der Waals surface area contributed by atoms with Crippen molar-refractivity contribution in [3.05, 3.63) is 65.2 Å². The molecule has 0 unspecified atom stereocenters. The molecule has 4 nitrogen and oxygen atoms in total. The van der Waals surface area contributed by atoms with Crippen molar-refractivity contribution >= 4 is 5.97 Å². The summed E-state index contributed by atoms with van der Waals surface area (Å²) in [5, 5.41) is 18.6. The van der Waals surface area contributed by atoms with Crippen LogP contribution in [0.1, 0.15) is 21.5 Å². The SMILES string of the molecule is O=C(O)c1c(O)cccc1COCCc1ccccc1. The van der Waals surface area contributed by atoms with Crippen molar-refractivity contribution in [2.75, 3.05) is 6.61 Å². The minimum atomic E-state index is -1.15. The second-order valence-electron chi connectivity index (χ2n) is 4.40. The Balaban J connectivity index is 1.92. The third-order valence-electron chi connectivity index (χ3n) is 2.98. The molecule has 0 saturated heterocycles. The van der Waals surface area contributed by atoms with Crippen molar-refractivity contribution in [1.82, 2.24) is 0 Å². The maximum Gasteiger partial charge on any atom is 0.339 e. The highest BCUT2D eigenvalue weighted by Gasteiger charge is 2.14. The molecule has 0 aliphatic heterocycles. The van der Waals surface area contributed by atoms with Crippen molar-refractivity contribution < 1.29 is 19.7 Å². The Labute approximate surface area is 117 Å². The minimum Gasteiger partial charge on any atom is -0.507 e. The molecule has 2 N–H and O–H groups in total. The summed E-state index contributed by atoms with van der Waals surface area (Å²) in [5.74, 6) is -1.38. The number of aromatic hydroxyl groups is 1. The average molecular weight is 272 g/mol. The number of phenols is 1. The monoisotopic (exact) mass is 272 g/mol. The molecule has 2 aromatic rings. The van der Waals surface area contributed by atoms with Gasteiger partial charge in [-0.2, -0.15) is 0 Å². The van der Waals surface area contributed by atoms with Gasteiger partial charge in [0.15, 0.2) is 0 Å². The first-order valence-electron chi connectivity index (χ1n) is 6.34. The van der Waals surface area contributed by atoms with Gasteiger partial charge in [0, 0.05) is 0 Å². The number of aromatic carboxylic acids is 1. The van der Waals surface area contributed by atoms with Crippen molar-refractivity contribution in [2.45, 2.75) is 13.0 Å². The van der Waals surface area contributed by atoms with E-state index in [1.54, 1.807) is 12.1 Å². The van der Waals surface area contributed by atoms with Crippen LogP contribution < -0.4 is 0 Å². The van der Waals surface area contributed by atoms with Crippen LogP contribution >= 0.6 is 0 Å². The molecule has 0 radical (unpaired) electrons. The molecule has 2 aromatic carbocycles. The maximum absolute atomic E-state index is 11.1. The summed E-state index contributed by atoms with van der Waals surface area (Å²) < 4.78 is 5.50. The lowest BCUT2D eigenvalue weighted by molar-refractivity contribution is 0.0684. The lowest BCUT2D eigenvalue weighted by atomic mass is 10.1. The van der Waals surface area contributed by atoms with E-state index in [4.69, 9.17) is 9.84 Å². The average Bonchev–Trinajstić information content (AvgIpc) is 2.44. The Morgan fingerprint density at radius 3 is 2.50 bits per heavy atom. The van der Waals surface area contributed by atoms with Gasteiger partial charge in [0.25, 0.3) is 0 Å². The molecular weight excluding hydrogens is 256 g/mol. The van der Waals surface area contributed by atoms with Gasteiger partial charge >= 0.3 is 5.97 Å². The van der Waals surface area contributed by atoms with E-state index in [1.165, 1.54) is 11.6 Å². The number of carboxylic acid groups (broad SMARTS) is 1. The number of hydrogen-bond acceptors (Lipinski definition) is 3. The molecular formula is C16H16O4. The van der Waals surface area contributed by atoms with Gasteiger partial charge in [-0.25, -0.2) is 4.79 Å². The number of carbonyl (C=O) groups is 1. The Morgan fingerprint density at radius 2 is 1.80 bits per heavy atom. The zero-order chi connectivity index (χ0) is 14.4. The van der Waals surface area contributed by atoms with Crippen molar-refractivity contribution in [1.29, 1.82) is 0 Å². The van der Waals surface area contributed by atoms with Gasteiger partial charge < -0.3 is 14.9 Å². The number of ether oxygens (including phenoxy) is 1. The number of rotatable bonds is 6. The van der Waals surface area contributed by atoms with Crippen LogP contribution in [0, 0.1) is 0 Å². The van der Waals surface area contributed by atoms with Gasteiger partial charge in [0.2, 0.25) is 0 Å². The molecule has 0 aromatic heterocycles. The molecule has 2 rings (SSSR count). The molecule has 4 heteroatoms. The predicted octanol–water partition coefficient (Wildman–Crippen LogP) is 2.85. The van der Waals surface area contributed by atoms with Gasteiger partial charge in [-0.05, 0) is 23.6 Å². The van der Waals surface area contributed by atoms with E-state index in [2.05, 4.69) is 0 Å². The molecule has 104 valence electrons. The molecule has 0 bridgehead atoms. The van der Waals surface area contributed by atoms with Gasteiger partial charge in [0.05, 0.1) is 13.2 Å². The number of hydrogen-bond donors (Lipinski definition) is 2. The third-order valence-corrected chi connectivity index (χ3v) is 2.98. The first kappa shape index (κ1) is 14.1. The van der Waals surface area contributed by atoms with Gasteiger partial charge in [-0.3, -0.25) is 0 Å². The highest BCUT2D eigenvalue weighted by atomic mass is 16.5. The molecule has 0 fully saturated rings. The molecule has 0 aliphatic rings. The van der Waals surface area contributed by atoms with Crippen LogP contribution in [0.4, 0.5) is 0 Å². The van der Waals surface area contributed by atoms with E-state index in [0.29, 0.717) is 12.2 Å². The fraction of sp³-hybridized carbons (Fsp3) is 0.188. The predicted molar refractivity (Wildman–Crippen MR) is 74.9 cm³/mol. The molecule has 20 heavy (non-hydrogen) atoms. The van der Waals surface area contributed by atoms with Crippen molar-refractivity contribution in [2.24, 2.45) is 0 Å². The highest BCUT2D eigenvalue weighted by Crippen LogP contribution is 2.21. The summed E-state index contributed by atoms with van der Waals surface area (Å²) in [6, 6.07) is 14.5. The first-order valence-corrected chi connectivity index (χ1v) is 6.34. The third kappa shape index (κ3) is 3.59. The highest BCUT2D eigenvalue weighted by molar-refractivity contribution is 5.92. The van der Waals surface area contributed by atoms with Crippen LogP contribution in [0.5, 0.6) is 5.75 Å². The summed E-state index contributed by atoms with van der Waals surface area (Å²) in [7, 11) is 0. The standard InChI is InChI=1S/C16H16O4/c17-14-8-4-7-13(15(14)16(18)19)11-20-10-9-12-5-2-1-3-6-12/h1-8,17H,9-11H2,(H,18,19). The van der Waals surface area contributed by atoms with E-state index < -0.39 is 5.97 Å². The van der Waals surface area contributed by atoms with E-state index >= 15 is 0 Å². The molecule has 0 amide bonds. The Morgan fingerprint density at radius 1 is 1.05 bits per heavy atom.